The van der Waals surface area contributed by atoms with Crippen LogP contribution in [0, 0.1) is 5.92 Å². The molecule has 0 aliphatic carbocycles. The van der Waals surface area contributed by atoms with Gasteiger partial charge in [0.2, 0.25) is 5.91 Å². The molecule has 1 aliphatic rings. The Labute approximate surface area is 156 Å². The number of hydrogen-bond donors (Lipinski definition) is 1. The van der Waals surface area contributed by atoms with E-state index in [9.17, 15) is 4.79 Å². The first kappa shape index (κ1) is 20.7. The molecule has 1 heterocycles. The second kappa shape index (κ2) is 11.2. The number of hydrogen-bond acceptors (Lipinski definition) is 5. The van der Waals surface area contributed by atoms with Crippen LogP contribution in [0.25, 0.3) is 0 Å². The average Bonchev–Trinajstić information content (AvgIpc) is 2.65. The SMILES string of the molecule is COc1cccc(COCC(=O)NC[C@@H](CC(C)C)N2CCOCC2)c1. The number of amides is 1. The van der Waals surface area contributed by atoms with Gasteiger partial charge in [-0.25, -0.2) is 0 Å². The van der Waals surface area contributed by atoms with Crippen molar-refractivity contribution in [1.82, 2.24) is 10.2 Å². The maximum absolute atomic E-state index is 12.1. The third-order valence-corrected chi connectivity index (χ3v) is 4.48. The molecule has 1 saturated heterocycles. The van der Waals surface area contributed by atoms with E-state index >= 15 is 0 Å². The fourth-order valence-electron chi connectivity index (χ4n) is 3.15. The number of methoxy groups -OCH3 is 1. The van der Waals surface area contributed by atoms with Gasteiger partial charge in [-0.05, 0) is 30.0 Å². The van der Waals surface area contributed by atoms with Crippen molar-refractivity contribution in [2.75, 3.05) is 46.6 Å². The molecule has 0 spiro atoms. The Morgan fingerprint density at radius 3 is 2.77 bits per heavy atom. The van der Waals surface area contributed by atoms with Crippen LogP contribution in [-0.4, -0.2) is 63.4 Å². The molecule has 1 aromatic carbocycles. The van der Waals surface area contributed by atoms with Gasteiger partial charge in [-0.1, -0.05) is 26.0 Å². The molecule has 6 heteroatoms. The zero-order valence-electron chi connectivity index (χ0n) is 16.2. The van der Waals surface area contributed by atoms with Crippen molar-refractivity contribution in [3.8, 4) is 5.75 Å². The van der Waals surface area contributed by atoms with Crippen LogP contribution in [0.5, 0.6) is 5.75 Å². The Kier molecular flexibility index (Phi) is 8.88. The van der Waals surface area contributed by atoms with Gasteiger partial charge in [0.1, 0.15) is 12.4 Å². The van der Waals surface area contributed by atoms with Gasteiger partial charge in [0.05, 0.1) is 26.9 Å². The van der Waals surface area contributed by atoms with Gasteiger partial charge in [-0.2, -0.15) is 0 Å². The van der Waals surface area contributed by atoms with Gasteiger partial charge < -0.3 is 19.5 Å². The Hall–Kier alpha value is -1.63. The quantitative estimate of drug-likeness (QED) is 0.689. The van der Waals surface area contributed by atoms with Crippen LogP contribution in [0.2, 0.25) is 0 Å². The Morgan fingerprint density at radius 1 is 1.31 bits per heavy atom. The summed E-state index contributed by atoms with van der Waals surface area (Å²) < 4.78 is 16.2. The number of benzene rings is 1. The van der Waals surface area contributed by atoms with Gasteiger partial charge in [-0.3, -0.25) is 9.69 Å². The molecule has 1 atom stereocenters. The summed E-state index contributed by atoms with van der Waals surface area (Å²) in [4.78, 5) is 14.5. The van der Waals surface area contributed by atoms with E-state index in [-0.39, 0.29) is 12.5 Å². The number of ether oxygens (including phenoxy) is 3. The van der Waals surface area contributed by atoms with Gasteiger partial charge in [0, 0.05) is 25.7 Å². The number of rotatable bonds is 10. The number of carbonyl (C=O) groups is 1. The lowest BCUT2D eigenvalue weighted by molar-refractivity contribution is -0.126. The van der Waals surface area contributed by atoms with Gasteiger partial charge in [-0.15, -0.1) is 0 Å². The van der Waals surface area contributed by atoms with Gasteiger partial charge in [0.15, 0.2) is 0 Å². The Morgan fingerprint density at radius 2 is 2.08 bits per heavy atom. The van der Waals surface area contributed by atoms with E-state index in [1.807, 2.05) is 24.3 Å². The van der Waals surface area contributed by atoms with Crippen molar-refractivity contribution in [3.63, 3.8) is 0 Å². The molecule has 0 radical (unpaired) electrons. The fraction of sp³-hybridized carbons (Fsp3) is 0.650. The fourth-order valence-corrected chi connectivity index (χ4v) is 3.15. The Bertz CT molecular complexity index is 544. The molecular weight excluding hydrogens is 332 g/mol. The number of nitrogens with zero attached hydrogens (tertiary/aromatic N) is 1. The third kappa shape index (κ3) is 7.32. The smallest absolute Gasteiger partial charge is 0.246 e. The molecule has 146 valence electrons. The minimum atomic E-state index is -0.0742. The lowest BCUT2D eigenvalue weighted by Crippen LogP contribution is -2.49. The number of carbonyl (C=O) groups excluding carboxylic acids is 1. The van der Waals surface area contributed by atoms with Crippen LogP contribution in [0.1, 0.15) is 25.8 Å². The van der Waals surface area contributed by atoms with Crippen LogP contribution in [-0.2, 0) is 20.9 Å². The highest BCUT2D eigenvalue weighted by Gasteiger charge is 2.22. The van der Waals surface area contributed by atoms with E-state index in [1.54, 1.807) is 7.11 Å². The van der Waals surface area contributed by atoms with Crippen molar-refractivity contribution < 1.29 is 19.0 Å². The average molecular weight is 364 g/mol. The monoisotopic (exact) mass is 364 g/mol. The second-order valence-electron chi connectivity index (χ2n) is 7.08. The van der Waals surface area contributed by atoms with E-state index in [2.05, 4.69) is 24.1 Å². The van der Waals surface area contributed by atoms with Crippen LogP contribution in [0.3, 0.4) is 0 Å². The topological polar surface area (TPSA) is 60.0 Å². The zero-order valence-corrected chi connectivity index (χ0v) is 16.2. The number of morpholine rings is 1. The van der Waals surface area contributed by atoms with Crippen LogP contribution in [0.15, 0.2) is 24.3 Å². The summed E-state index contributed by atoms with van der Waals surface area (Å²) >= 11 is 0. The molecule has 0 unspecified atom stereocenters. The summed E-state index contributed by atoms with van der Waals surface area (Å²) in [6, 6.07) is 8.01. The largest absolute Gasteiger partial charge is 0.497 e. The summed E-state index contributed by atoms with van der Waals surface area (Å²) in [6.07, 6.45) is 1.06. The molecule has 0 aromatic heterocycles. The summed E-state index contributed by atoms with van der Waals surface area (Å²) in [5, 5.41) is 3.02. The molecule has 2 rings (SSSR count). The first-order chi connectivity index (χ1) is 12.6. The van der Waals surface area contributed by atoms with Crippen molar-refractivity contribution in [1.29, 1.82) is 0 Å². The summed E-state index contributed by atoms with van der Waals surface area (Å²) in [5.74, 6) is 1.30. The van der Waals surface area contributed by atoms with E-state index < -0.39 is 0 Å². The molecule has 0 bridgehead atoms. The van der Waals surface area contributed by atoms with E-state index in [0.717, 1.165) is 44.0 Å². The number of nitrogens with one attached hydrogen (secondary N) is 1. The molecule has 1 aromatic rings. The predicted octanol–water partition coefficient (Wildman–Crippen LogP) is 2.07. The first-order valence-electron chi connectivity index (χ1n) is 9.37. The highest BCUT2D eigenvalue weighted by molar-refractivity contribution is 5.77. The lowest BCUT2D eigenvalue weighted by atomic mass is 10.0. The standard InChI is InChI=1S/C20H32N2O4/c1-16(2)11-18(22-7-9-25-10-8-22)13-21-20(23)15-26-14-17-5-4-6-19(12-17)24-3/h4-6,12,16,18H,7-11,13-15H2,1-3H3,(H,21,23)/t18-/m1/s1. The van der Waals surface area contributed by atoms with E-state index in [4.69, 9.17) is 14.2 Å². The maximum Gasteiger partial charge on any atom is 0.246 e. The summed E-state index contributed by atoms with van der Waals surface area (Å²) in [6.45, 7) is 8.94. The predicted molar refractivity (Wildman–Crippen MR) is 101 cm³/mol. The van der Waals surface area contributed by atoms with Crippen molar-refractivity contribution in [2.45, 2.75) is 32.9 Å². The first-order valence-corrected chi connectivity index (χ1v) is 9.37. The van der Waals surface area contributed by atoms with Gasteiger partial charge >= 0.3 is 0 Å². The summed E-state index contributed by atoms with van der Waals surface area (Å²) in [5.41, 5.74) is 0.989. The van der Waals surface area contributed by atoms with Crippen LogP contribution < -0.4 is 10.1 Å². The molecule has 0 saturated carbocycles. The molecule has 1 N–H and O–H groups in total. The van der Waals surface area contributed by atoms with E-state index in [0.29, 0.717) is 25.1 Å². The van der Waals surface area contributed by atoms with E-state index in [1.165, 1.54) is 0 Å². The minimum Gasteiger partial charge on any atom is -0.497 e. The van der Waals surface area contributed by atoms with Crippen LogP contribution in [0.4, 0.5) is 0 Å². The molecule has 1 amide bonds. The Balaban J connectivity index is 1.72. The van der Waals surface area contributed by atoms with Gasteiger partial charge in [0.25, 0.3) is 0 Å². The molecule has 26 heavy (non-hydrogen) atoms. The van der Waals surface area contributed by atoms with Crippen molar-refractivity contribution in [2.24, 2.45) is 5.92 Å². The summed E-state index contributed by atoms with van der Waals surface area (Å²) in [7, 11) is 1.63. The molecule has 1 aliphatic heterocycles. The van der Waals surface area contributed by atoms with Crippen molar-refractivity contribution in [3.05, 3.63) is 29.8 Å². The van der Waals surface area contributed by atoms with Crippen LogP contribution >= 0.6 is 0 Å². The zero-order chi connectivity index (χ0) is 18.8. The maximum atomic E-state index is 12.1. The third-order valence-electron chi connectivity index (χ3n) is 4.48. The normalized spacial score (nSPS) is 16.5. The second-order valence-corrected chi connectivity index (χ2v) is 7.08. The highest BCUT2D eigenvalue weighted by atomic mass is 16.5. The molecule has 1 fully saturated rings. The lowest BCUT2D eigenvalue weighted by Gasteiger charge is -2.35. The highest BCUT2D eigenvalue weighted by Crippen LogP contribution is 2.14. The molecule has 6 nitrogen and oxygen atoms in total. The molecular formula is C20H32N2O4. The minimum absolute atomic E-state index is 0.0642. The van der Waals surface area contributed by atoms with Crippen molar-refractivity contribution >= 4 is 5.91 Å².